The lowest BCUT2D eigenvalue weighted by Crippen LogP contribution is -2.32. The molecule has 0 aliphatic rings. The van der Waals surface area contributed by atoms with Gasteiger partial charge in [0, 0.05) is 12.2 Å². The molecular weight excluding hydrogens is 350 g/mol. The molecule has 0 unspecified atom stereocenters. The Morgan fingerprint density at radius 3 is 2.46 bits per heavy atom. The zero-order valence-corrected chi connectivity index (χ0v) is 15.0. The number of amides is 1. The number of sulfone groups is 1. The van der Waals surface area contributed by atoms with Crippen LogP contribution in [0.3, 0.4) is 0 Å². The molecule has 1 aromatic heterocycles. The van der Waals surface area contributed by atoms with Crippen LogP contribution < -0.4 is 4.90 Å². The predicted molar refractivity (Wildman–Crippen MR) is 93.2 cm³/mol. The van der Waals surface area contributed by atoms with E-state index in [1.807, 2.05) is 25.1 Å². The molecule has 0 radical (unpaired) electrons. The van der Waals surface area contributed by atoms with E-state index in [4.69, 9.17) is 11.6 Å². The molecule has 24 heavy (non-hydrogen) atoms. The summed E-state index contributed by atoms with van der Waals surface area (Å²) in [6.45, 7) is 3.95. The molecule has 1 heterocycles. The minimum absolute atomic E-state index is 0.0184. The highest BCUT2D eigenvalue weighted by Crippen LogP contribution is 2.21. The first-order chi connectivity index (χ1) is 11.4. The van der Waals surface area contributed by atoms with Crippen LogP contribution in [0.25, 0.3) is 0 Å². The number of hydrogen-bond acceptors (Lipinski definition) is 5. The third-order valence-electron chi connectivity index (χ3n) is 3.30. The summed E-state index contributed by atoms with van der Waals surface area (Å²) >= 11 is 6.04. The van der Waals surface area contributed by atoms with Gasteiger partial charge in [-0.05, 0) is 25.5 Å². The number of rotatable bonds is 6. The summed E-state index contributed by atoms with van der Waals surface area (Å²) in [7, 11) is -3.63. The van der Waals surface area contributed by atoms with Crippen molar-refractivity contribution in [2.45, 2.75) is 25.4 Å². The SMILES string of the molecule is CCCS(=O)(=O)c1ncc(Cl)c(C(=O)N(CC)c2ccccc2)n1. The molecule has 0 saturated carbocycles. The first-order valence-electron chi connectivity index (χ1n) is 7.53. The first-order valence-corrected chi connectivity index (χ1v) is 9.56. The van der Waals surface area contributed by atoms with Crippen LogP contribution in [0.4, 0.5) is 5.69 Å². The lowest BCUT2D eigenvalue weighted by molar-refractivity contribution is 0.0983. The second-order valence-electron chi connectivity index (χ2n) is 5.05. The maximum atomic E-state index is 12.8. The third kappa shape index (κ3) is 3.91. The standard InChI is InChI=1S/C16H18ClN3O3S/c1-3-10-24(22,23)16-18-11-13(17)14(19-16)15(21)20(4-2)12-8-6-5-7-9-12/h5-9,11H,3-4,10H2,1-2H3. The summed E-state index contributed by atoms with van der Waals surface area (Å²) in [5, 5.41) is -0.356. The zero-order valence-electron chi connectivity index (χ0n) is 13.4. The van der Waals surface area contributed by atoms with Gasteiger partial charge in [-0.3, -0.25) is 4.79 Å². The molecule has 2 rings (SSSR count). The van der Waals surface area contributed by atoms with Gasteiger partial charge in [0.25, 0.3) is 5.91 Å². The molecule has 1 aromatic carbocycles. The summed E-state index contributed by atoms with van der Waals surface area (Å²) in [5.41, 5.74) is 0.560. The van der Waals surface area contributed by atoms with E-state index < -0.39 is 15.7 Å². The van der Waals surface area contributed by atoms with E-state index in [9.17, 15) is 13.2 Å². The Labute approximate surface area is 146 Å². The Hall–Kier alpha value is -1.99. The van der Waals surface area contributed by atoms with Crippen LogP contribution in [0.1, 0.15) is 30.8 Å². The summed E-state index contributed by atoms with van der Waals surface area (Å²) in [5.74, 6) is -0.553. The summed E-state index contributed by atoms with van der Waals surface area (Å²) in [6.07, 6.45) is 1.59. The van der Waals surface area contributed by atoms with Gasteiger partial charge in [0.05, 0.1) is 17.0 Å². The summed E-state index contributed by atoms with van der Waals surface area (Å²) in [4.78, 5) is 22.0. The molecule has 0 spiro atoms. The van der Waals surface area contributed by atoms with Gasteiger partial charge in [-0.15, -0.1) is 0 Å². The Bertz CT molecular complexity index is 826. The molecule has 8 heteroatoms. The average molecular weight is 368 g/mol. The summed E-state index contributed by atoms with van der Waals surface area (Å²) < 4.78 is 24.3. The maximum Gasteiger partial charge on any atom is 0.278 e. The van der Waals surface area contributed by atoms with Gasteiger partial charge in [0.2, 0.25) is 15.0 Å². The molecule has 0 fully saturated rings. The smallest absolute Gasteiger partial charge is 0.278 e. The van der Waals surface area contributed by atoms with Crippen LogP contribution in [-0.2, 0) is 9.84 Å². The van der Waals surface area contributed by atoms with Crippen molar-refractivity contribution < 1.29 is 13.2 Å². The maximum absolute atomic E-state index is 12.8. The number of aromatic nitrogens is 2. The van der Waals surface area contributed by atoms with E-state index in [2.05, 4.69) is 9.97 Å². The van der Waals surface area contributed by atoms with Crippen LogP contribution in [0.2, 0.25) is 5.02 Å². The molecule has 2 aromatic rings. The first kappa shape index (κ1) is 18.4. The van der Waals surface area contributed by atoms with Gasteiger partial charge in [0.15, 0.2) is 5.69 Å². The van der Waals surface area contributed by atoms with Crippen LogP contribution in [-0.4, -0.2) is 36.6 Å². The number of para-hydroxylation sites is 1. The van der Waals surface area contributed by atoms with Crippen molar-refractivity contribution >= 4 is 33.0 Å². The van der Waals surface area contributed by atoms with E-state index >= 15 is 0 Å². The van der Waals surface area contributed by atoms with E-state index in [0.29, 0.717) is 18.7 Å². The molecular formula is C16H18ClN3O3S. The number of halogens is 1. The Balaban J connectivity index is 2.45. The lowest BCUT2D eigenvalue weighted by Gasteiger charge is -2.21. The predicted octanol–water partition coefficient (Wildman–Crippen LogP) is 2.98. The number of anilines is 1. The molecule has 0 N–H and O–H groups in total. The molecule has 1 amide bonds. The molecule has 0 bridgehead atoms. The van der Waals surface area contributed by atoms with Crippen molar-refractivity contribution in [1.82, 2.24) is 9.97 Å². The number of carbonyl (C=O) groups is 1. The van der Waals surface area contributed by atoms with Crippen LogP contribution in [0.5, 0.6) is 0 Å². The second kappa shape index (κ2) is 7.72. The van der Waals surface area contributed by atoms with Gasteiger partial charge in [-0.1, -0.05) is 36.7 Å². The van der Waals surface area contributed by atoms with E-state index in [1.165, 1.54) is 4.90 Å². The molecule has 128 valence electrons. The van der Waals surface area contributed by atoms with Gasteiger partial charge >= 0.3 is 0 Å². The molecule has 0 aliphatic heterocycles. The monoisotopic (exact) mass is 367 g/mol. The molecule has 0 saturated heterocycles. The highest BCUT2D eigenvalue weighted by atomic mass is 35.5. The van der Waals surface area contributed by atoms with Crippen molar-refractivity contribution in [3.63, 3.8) is 0 Å². The number of hydrogen-bond donors (Lipinski definition) is 0. The van der Waals surface area contributed by atoms with Gasteiger partial charge in [-0.25, -0.2) is 18.4 Å². The quantitative estimate of drug-likeness (QED) is 0.733. The van der Waals surface area contributed by atoms with Crippen molar-refractivity contribution in [3.05, 3.63) is 47.2 Å². The molecule has 0 aliphatic carbocycles. The second-order valence-corrected chi connectivity index (χ2v) is 7.46. The normalized spacial score (nSPS) is 11.3. The zero-order chi connectivity index (χ0) is 17.7. The largest absolute Gasteiger partial charge is 0.307 e. The topological polar surface area (TPSA) is 80.2 Å². The van der Waals surface area contributed by atoms with E-state index in [-0.39, 0.29) is 21.6 Å². The summed E-state index contributed by atoms with van der Waals surface area (Å²) in [6, 6.07) is 9.03. The fourth-order valence-corrected chi connectivity index (χ4v) is 3.53. The van der Waals surface area contributed by atoms with Crippen LogP contribution in [0, 0.1) is 0 Å². The number of benzene rings is 1. The minimum Gasteiger partial charge on any atom is -0.307 e. The van der Waals surface area contributed by atoms with Gasteiger partial charge in [0.1, 0.15) is 0 Å². The van der Waals surface area contributed by atoms with E-state index in [1.54, 1.807) is 19.1 Å². The van der Waals surface area contributed by atoms with Crippen LogP contribution >= 0.6 is 11.6 Å². The third-order valence-corrected chi connectivity index (χ3v) is 5.28. The van der Waals surface area contributed by atoms with Crippen molar-refractivity contribution in [1.29, 1.82) is 0 Å². The Morgan fingerprint density at radius 1 is 1.21 bits per heavy atom. The van der Waals surface area contributed by atoms with Crippen molar-refractivity contribution in [2.24, 2.45) is 0 Å². The fourth-order valence-electron chi connectivity index (χ4n) is 2.19. The highest BCUT2D eigenvalue weighted by molar-refractivity contribution is 7.91. The van der Waals surface area contributed by atoms with Crippen molar-refractivity contribution in [2.75, 3.05) is 17.2 Å². The molecule has 0 atom stereocenters. The number of nitrogens with zero attached hydrogens (tertiary/aromatic N) is 3. The number of carbonyl (C=O) groups excluding carboxylic acids is 1. The Kier molecular flexibility index (Phi) is 5.90. The van der Waals surface area contributed by atoms with Crippen LogP contribution in [0.15, 0.2) is 41.7 Å². The minimum atomic E-state index is -3.63. The van der Waals surface area contributed by atoms with Gasteiger partial charge in [-0.2, -0.15) is 0 Å². The van der Waals surface area contributed by atoms with Gasteiger partial charge < -0.3 is 4.90 Å². The fraction of sp³-hybridized carbons (Fsp3) is 0.312. The lowest BCUT2D eigenvalue weighted by atomic mass is 10.2. The Morgan fingerprint density at radius 2 is 1.88 bits per heavy atom. The highest BCUT2D eigenvalue weighted by Gasteiger charge is 2.25. The average Bonchev–Trinajstić information content (AvgIpc) is 2.56. The van der Waals surface area contributed by atoms with E-state index in [0.717, 1.165) is 6.20 Å². The van der Waals surface area contributed by atoms with Crippen molar-refractivity contribution in [3.8, 4) is 0 Å². The molecule has 6 nitrogen and oxygen atoms in total.